The second kappa shape index (κ2) is 6.52. The van der Waals surface area contributed by atoms with E-state index in [1.165, 1.54) is 6.07 Å². The van der Waals surface area contributed by atoms with E-state index in [4.69, 9.17) is 9.15 Å². The van der Waals surface area contributed by atoms with Crippen LogP contribution in [-0.2, 0) is 13.2 Å². The Bertz CT molecular complexity index is 581. The van der Waals surface area contributed by atoms with Crippen molar-refractivity contribution in [1.82, 2.24) is 5.32 Å². The van der Waals surface area contributed by atoms with Crippen LogP contribution in [0.2, 0.25) is 0 Å². The van der Waals surface area contributed by atoms with Crippen molar-refractivity contribution in [2.75, 3.05) is 6.54 Å². The molecule has 3 nitrogen and oxygen atoms in total. The Kier molecular flexibility index (Phi) is 4.74. The van der Waals surface area contributed by atoms with Crippen molar-refractivity contribution in [1.29, 1.82) is 0 Å². The molecular formula is C15H17F2NO2. The number of benzene rings is 1. The fourth-order valence-electron chi connectivity index (χ4n) is 1.81. The lowest BCUT2D eigenvalue weighted by molar-refractivity contribution is 0.286. The number of nitrogens with one attached hydrogen (secondary N) is 1. The fraction of sp³-hybridized carbons (Fsp3) is 0.333. The van der Waals surface area contributed by atoms with E-state index in [9.17, 15) is 8.78 Å². The molecule has 0 atom stereocenters. The van der Waals surface area contributed by atoms with E-state index < -0.39 is 11.6 Å². The molecule has 0 saturated carbocycles. The summed E-state index contributed by atoms with van der Waals surface area (Å²) >= 11 is 0. The molecular weight excluding hydrogens is 264 g/mol. The molecule has 0 radical (unpaired) electrons. The van der Waals surface area contributed by atoms with Crippen molar-refractivity contribution in [2.24, 2.45) is 0 Å². The number of hydrogen-bond donors (Lipinski definition) is 1. The molecule has 5 heteroatoms. The summed E-state index contributed by atoms with van der Waals surface area (Å²) in [4.78, 5) is 0. The van der Waals surface area contributed by atoms with Crippen LogP contribution in [0.5, 0.6) is 5.75 Å². The molecule has 108 valence electrons. The molecule has 0 aliphatic heterocycles. The van der Waals surface area contributed by atoms with Crippen LogP contribution in [0.25, 0.3) is 0 Å². The van der Waals surface area contributed by atoms with E-state index in [0.29, 0.717) is 6.54 Å². The van der Waals surface area contributed by atoms with Crippen LogP contribution >= 0.6 is 0 Å². The zero-order valence-electron chi connectivity index (χ0n) is 11.5. The van der Waals surface area contributed by atoms with E-state index in [-0.39, 0.29) is 12.4 Å². The van der Waals surface area contributed by atoms with E-state index in [1.54, 1.807) is 0 Å². The van der Waals surface area contributed by atoms with Gasteiger partial charge in [0.1, 0.15) is 23.9 Å². The molecule has 20 heavy (non-hydrogen) atoms. The summed E-state index contributed by atoms with van der Waals surface area (Å²) in [6.45, 7) is 5.52. The molecule has 1 aromatic carbocycles. The maximum atomic E-state index is 13.4. The highest BCUT2D eigenvalue weighted by Gasteiger charge is 2.10. The molecule has 1 heterocycles. The third-order valence-corrected chi connectivity index (χ3v) is 2.90. The molecule has 0 aliphatic carbocycles. The van der Waals surface area contributed by atoms with Crippen LogP contribution in [-0.4, -0.2) is 6.54 Å². The predicted octanol–water partition coefficient (Wildman–Crippen LogP) is 3.55. The van der Waals surface area contributed by atoms with Gasteiger partial charge < -0.3 is 14.5 Å². The monoisotopic (exact) mass is 281 g/mol. The highest BCUT2D eigenvalue weighted by Crippen LogP contribution is 2.21. The van der Waals surface area contributed by atoms with Gasteiger partial charge in [-0.2, -0.15) is 0 Å². The van der Waals surface area contributed by atoms with Crippen LogP contribution in [0.15, 0.2) is 28.7 Å². The summed E-state index contributed by atoms with van der Waals surface area (Å²) in [5, 5.41) is 3.16. The van der Waals surface area contributed by atoms with Crippen LogP contribution < -0.4 is 10.1 Å². The number of rotatable bonds is 6. The minimum absolute atomic E-state index is 0.0280. The number of hydrogen-bond acceptors (Lipinski definition) is 3. The second-order valence-electron chi connectivity index (χ2n) is 4.44. The third kappa shape index (κ3) is 3.57. The third-order valence-electron chi connectivity index (χ3n) is 2.90. The molecule has 0 aliphatic rings. The molecule has 0 unspecified atom stereocenters. The molecule has 1 N–H and O–H groups in total. The van der Waals surface area contributed by atoms with Gasteiger partial charge >= 0.3 is 0 Å². The van der Waals surface area contributed by atoms with Crippen LogP contribution in [0.4, 0.5) is 8.78 Å². The lowest BCUT2D eigenvalue weighted by atomic mass is 10.2. The Labute approximate surface area is 116 Å². The molecule has 2 aromatic rings. The van der Waals surface area contributed by atoms with Crippen molar-refractivity contribution in [2.45, 2.75) is 27.0 Å². The van der Waals surface area contributed by atoms with Gasteiger partial charge in [0.2, 0.25) is 0 Å². The van der Waals surface area contributed by atoms with Crippen molar-refractivity contribution >= 4 is 0 Å². The minimum Gasteiger partial charge on any atom is -0.486 e. The Morgan fingerprint density at radius 2 is 2.05 bits per heavy atom. The van der Waals surface area contributed by atoms with Gasteiger partial charge in [-0.1, -0.05) is 6.92 Å². The normalized spacial score (nSPS) is 10.8. The zero-order chi connectivity index (χ0) is 14.5. The quantitative estimate of drug-likeness (QED) is 0.879. The van der Waals surface area contributed by atoms with E-state index in [0.717, 1.165) is 35.8 Å². The maximum absolute atomic E-state index is 13.4. The van der Waals surface area contributed by atoms with E-state index >= 15 is 0 Å². The molecule has 0 saturated heterocycles. The SMILES string of the molecule is CCNCc1cc(COc2ccc(F)cc2F)c(C)o1. The first-order chi connectivity index (χ1) is 9.60. The highest BCUT2D eigenvalue weighted by molar-refractivity contribution is 5.26. The lowest BCUT2D eigenvalue weighted by Crippen LogP contribution is -2.10. The average Bonchev–Trinajstić information content (AvgIpc) is 2.76. The van der Waals surface area contributed by atoms with Crippen molar-refractivity contribution in [3.8, 4) is 5.75 Å². The first-order valence-corrected chi connectivity index (χ1v) is 6.47. The lowest BCUT2D eigenvalue weighted by Gasteiger charge is -2.06. The summed E-state index contributed by atoms with van der Waals surface area (Å²) in [6.07, 6.45) is 0. The summed E-state index contributed by atoms with van der Waals surface area (Å²) in [5.74, 6) is 0.240. The summed E-state index contributed by atoms with van der Waals surface area (Å²) < 4.78 is 37.1. The molecule has 1 aromatic heterocycles. The Morgan fingerprint density at radius 3 is 2.75 bits per heavy atom. The van der Waals surface area contributed by atoms with Crippen LogP contribution in [0, 0.1) is 18.6 Å². The van der Waals surface area contributed by atoms with Crippen molar-refractivity contribution in [3.05, 3.63) is 53.0 Å². The van der Waals surface area contributed by atoms with Gasteiger partial charge in [-0.15, -0.1) is 0 Å². The average molecular weight is 281 g/mol. The molecule has 0 amide bonds. The number of aryl methyl sites for hydroxylation is 1. The summed E-state index contributed by atoms with van der Waals surface area (Å²) in [5.41, 5.74) is 0.849. The molecule has 0 fully saturated rings. The zero-order valence-corrected chi connectivity index (χ0v) is 11.5. The van der Waals surface area contributed by atoms with E-state index in [1.807, 2.05) is 19.9 Å². The molecule has 0 spiro atoms. The second-order valence-corrected chi connectivity index (χ2v) is 4.44. The number of halogens is 2. The molecule has 2 rings (SSSR count). The topological polar surface area (TPSA) is 34.4 Å². The standard InChI is InChI=1S/C15H17F2NO2/c1-3-18-8-13-6-11(10(2)20-13)9-19-15-5-4-12(16)7-14(15)17/h4-7,18H,3,8-9H2,1-2H3. The van der Waals surface area contributed by atoms with E-state index in [2.05, 4.69) is 5.32 Å². The first kappa shape index (κ1) is 14.5. The largest absolute Gasteiger partial charge is 0.486 e. The van der Waals surface area contributed by atoms with Gasteiger partial charge in [0.15, 0.2) is 11.6 Å². The molecule has 0 bridgehead atoms. The van der Waals surface area contributed by atoms with Gasteiger partial charge in [0, 0.05) is 11.6 Å². The van der Waals surface area contributed by atoms with Gasteiger partial charge in [-0.25, -0.2) is 8.78 Å². The first-order valence-electron chi connectivity index (χ1n) is 6.47. The highest BCUT2D eigenvalue weighted by atomic mass is 19.1. The number of furan rings is 1. The van der Waals surface area contributed by atoms with Gasteiger partial charge in [-0.3, -0.25) is 0 Å². The van der Waals surface area contributed by atoms with Crippen LogP contribution in [0.1, 0.15) is 24.0 Å². The Hall–Kier alpha value is -1.88. The van der Waals surface area contributed by atoms with Gasteiger partial charge in [-0.05, 0) is 31.7 Å². The fourth-order valence-corrected chi connectivity index (χ4v) is 1.81. The minimum atomic E-state index is -0.709. The van der Waals surface area contributed by atoms with Crippen LogP contribution in [0.3, 0.4) is 0 Å². The Balaban J connectivity index is 2.01. The Morgan fingerprint density at radius 1 is 1.25 bits per heavy atom. The number of ether oxygens (including phenoxy) is 1. The van der Waals surface area contributed by atoms with Gasteiger partial charge in [0.25, 0.3) is 0 Å². The smallest absolute Gasteiger partial charge is 0.167 e. The predicted molar refractivity (Wildman–Crippen MR) is 71.5 cm³/mol. The maximum Gasteiger partial charge on any atom is 0.167 e. The van der Waals surface area contributed by atoms with Gasteiger partial charge in [0.05, 0.1) is 6.54 Å². The summed E-state index contributed by atoms with van der Waals surface area (Å²) in [6, 6.07) is 5.12. The van der Waals surface area contributed by atoms with Crippen molar-refractivity contribution in [3.63, 3.8) is 0 Å². The summed E-state index contributed by atoms with van der Waals surface area (Å²) in [7, 11) is 0. The van der Waals surface area contributed by atoms with Crippen molar-refractivity contribution < 1.29 is 17.9 Å².